The van der Waals surface area contributed by atoms with Gasteiger partial charge in [0.25, 0.3) is 5.91 Å². The van der Waals surface area contributed by atoms with Crippen molar-refractivity contribution in [3.8, 4) is 0 Å². The number of nitrogens with zero attached hydrogens (tertiary/aromatic N) is 3. The molecule has 7 heteroatoms. The molecule has 3 fully saturated rings. The highest BCUT2D eigenvalue weighted by Gasteiger charge is 2.46. The number of carbonyl (C=O) groups excluding carboxylic acids is 3. The molecule has 0 N–H and O–H groups in total. The number of ether oxygens (including phenoxy) is 1. The summed E-state index contributed by atoms with van der Waals surface area (Å²) in [5.41, 5.74) is 1.64. The smallest absolute Gasteiger partial charge is 0.257 e. The van der Waals surface area contributed by atoms with Gasteiger partial charge in [0.15, 0.2) is 0 Å². The molecule has 1 aromatic carbocycles. The van der Waals surface area contributed by atoms with Gasteiger partial charge in [-0.3, -0.25) is 19.3 Å². The average Bonchev–Trinajstić information content (AvgIpc) is 3.50. The van der Waals surface area contributed by atoms with Gasteiger partial charge < -0.3 is 9.64 Å². The number of amides is 3. The highest BCUT2D eigenvalue weighted by Crippen LogP contribution is 2.34. The lowest BCUT2D eigenvalue weighted by Gasteiger charge is -2.32. The van der Waals surface area contributed by atoms with Crippen LogP contribution in [0.5, 0.6) is 0 Å². The van der Waals surface area contributed by atoms with Gasteiger partial charge in [-0.25, -0.2) is 4.90 Å². The Kier molecular flexibility index (Phi) is 5.46. The van der Waals surface area contributed by atoms with Crippen molar-refractivity contribution < 1.29 is 19.1 Å². The number of anilines is 1. The largest absolute Gasteiger partial charge is 0.379 e. The minimum absolute atomic E-state index is 0.0148. The Morgan fingerprint density at radius 3 is 2.46 bits per heavy atom. The van der Waals surface area contributed by atoms with Crippen LogP contribution in [0.3, 0.4) is 0 Å². The predicted molar refractivity (Wildman–Crippen MR) is 104 cm³/mol. The van der Waals surface area contributed by atoms with E-state index in [0.717, 1.165) is 31.5 Å². The van der Waals surface area contributed by atoms with Gasteiger partial charge in [0.1, 0.15) is 6.04 Å². The molecule has 2 aliphatic heterocycles. The first-order valence-electron chi connectivity index (χ1n) is 10.1. The van der Waals surface area contributed by atoms with Gasteiger partial charge in [-0.2, -0.15) is 0 Å². The van der Waals surface area contributed by atoms with Crippen molar-refractivity contribution in [2.24, 2.45) is 5.92 Å². The molecule has 3 aliphatic rings. The van der Waals surface area contributed by atoms with Gasteiger partial charge in [-0.15, -0.1) is 0 Å². The zero-order valence-corrected chi connectivity index (χ0v) is 16.3. The van der Waals surface area contributed by atoms with Crippen LogP contribution in [0.15, 0.2) is 24.3 Å². The van der Waals surface area contributed by atoms with Crippen LogP contribution in [0.25, 0.3) is 0 Å². The molecule has 1 aliphatic carbocycles. The quantitative estimate of drug-likeness (QED) is 0.688. The van der Waals surface area contributed by atoms with E-state index in [4.69, 9.17) is 4.74 Å². The van der Waals surface area contributed by atoms with E-state index in [-0.39, 0.29) is 30.1 Å². The monoisotopic (exact) mass is 385 g/mol. The van der Waals surface area contributed by atoms with Crippen LogP contribution in [-0.2, 0) is 19.1 Å². The molecular formula is C21H27N3O4. The second-order valence-electron chi connectivity index (χ2n) is 7.88. The summed E-state index contributed by atoms with van der Waals surface area (Å²) >= 11 is 0. The first-order valence-corrected chi connectivity index (χ1v) is 10.1. The fourth-order valence-corrected chi connectivity index (χ4v) is 3.88. The molecule has 0 radical (unpaired) electrons. The summed E-state index contributed by atoms with van der Waals surface area (Å²) in [7, 11) is 0. The first-order chi connectivity index (χ1) is 13.5. The van der Waals surface area contributed by atoms with Crippen molar-refractivity contribution in [1.29, 1.82) is 0 Å². The van der Waals surface area contributed by atoms with E-state index >= 15 is 0 Å². The summed E-state index contributed by atoms with van der Waals surface area (Å²) < 4.78 is 5.38. The molecule has 0 spiro atoms. The van der Waals surface area contributed by atoms with Crippen LogP contribution >= 0.6 is 0 Å². The lowest BCUT2D eigenvalue weighted by molar-refractivity contribution is -0.139. The van der Waals surface area contributed by atoms with Crippen molar-refractivity contribution in [1.82, 2.24) is 9.80 Å². The fraction of sp³-hybridized carbons (Fsp3) is 0.571. The predicted octanol–water partition coefficient (Wildman–Crippen LogP) is 1.20. The van der Waals surface area contributed by atoms with Gasteiger partial charge in [-0.05, 0) is 31.9 Å². The first kappa shape index (κ1) is 19.1. The van der Waals surface area contributed by atoms with Gasteiger partial charge in [-0.1, -0.05) is 17.7 Å². The van der Waals surface area contributed by atoms with Crippen LogP contribution in [-0.4, -0.2) is 73.0 Å². The summed E-state index contributed by atoms with van der Waals surface area (Å²) in [6, 6.07) is 6.65. The van der Waals surface area contributed by atoms with Crippen molar-refractivity contribution in [2.45, 2.75) is 32.2 Å². The van der Waals surface area contributed by atoms with Crippen molar-refractivity contribution in [2.75, 3.05) is 44.3 Å². The van der Waals surface area contributed by atoms with Crippen LogP contribution in [0.1, 0.15) is 24.8 Å². The number of benzene rings is 1. The standard InChI is InChI=1S/C21H27N3O4/c1-15-2-6-17(7-3-15)24-19(25)14-18(21(24)27)23(20(26)16-4-5-16)9-8-22-10-12-28-13-11-22/h2-3,6-7,16,18H,4-5,8-14H2,1H3. The molecule has 1 unspecified atom stereocenters. The number of rotatable bonds is 6. The molecule has 3 amide bonds. The van der Waals surface area contributed by atoms with Crippen LogP contribution < -0.4 is 4.90 Å². The number of hydrogen-bond acceptors (Lipinski definition) is 5. The summed E-state index contributed by atoms with van der Waals surface area (Å²) in [4.78, 5) is 43.8. The topological polar surface area (TPSA) is 70.2 Å². The van der Waals surface area contributed by atoms with Crippen LogP contribution in [0.4, 0.5) is 5.69 Å². The molecule has 2 heterocycles. The Labute approximate surface area is 165 Å². The average molecular weight is 385 g/mol. The normalized spacial score (nSPS) is 23.3. The molecule has 0 bridgehead atoms. The number of imide groups is 1. The van der Waals surface area contributed by atoms with Crippen LogP contribution in [0, 0.1) is 12.8 Å². The molecule has 28 heavy (non-hydrogen) atoms. The zero-order chi connectivity index (χ0) is 19.7. The summed E-state index contributed by atoms with van der Waals surface area (Å²) in [6.45, 7) is 6.18. The molecule has 1 aromatic rings. The molecule has 7 nitrogen and oxygen atoms in total. The second kappa shape index (κ2) is 8.01. The third-order valence-corrected chi connectivity index (χ3v) is 5.76. The lowest BCUT2D eigenvalue weighted by Crippen LogP contribution is -2.50. The maximum Gasteiger partial charge on any atom is 0.257 e. The van der Waals surface area contributed by atoms with Crippen molar-refractivity contribution in [3.05, 3.63) is 29.8 Å². The van der Waals surface area contributed by atoms with E-state index in [1.54, 1.807) is 17.0 Å². The molecule has 1 saturated carbocycles. The Hall–Kier alpha value is -2.25. The summed E-state index contributed by atoms with van der Waals surface area (Å²) in [5.74, 6) is -0.491. The van der Waals surface area contributed by atoms with Gasteiger partial charge in [0.2, 0.25) is 11.8 Å². The molecular weight excluding hydrogens is 358 g/mol. The molecule has 0 aromatic heterocycles. The molecule has 1 atom stereocenters. The van der Waals surface area contributed by atoms with Gasteiger partial charge in [0.05, 0.1) is 25.3 Å². The van der Waals surface area contributed by atoms with E-state index in [0.29, 0.717) is 32.0 Å². The Balaban J connectivity index is 1.50. The molecule has 150 valence electrons. The SMILES string of the molecule is Cc1ccc(N2C(=O)CC(N(CCN3CCOCC3)C(=O)C3CC3)C2=O)cc1. The Bertz CT molecular complexity index is 753. The second-order valence-corrected chi connectivity index (χ2v) is 7.88. The van der Waals surface area contributed by atoms with E-state index in [1.807, 2.05) is 19.1 Å². The Morgan fingerprint density at radius 2 is 1.82 bits per heavy atom. The minimum atomic E-state index is -0.692. The van der Waals surface area contributed by atoms with E-state index in [1.165, 1.54) is 4.90 Å². The van der Waals surface area contributed by atoms with Crippen molar-refractivity contribution >= 4 is 23.4 Å². The van der Waals surface area contributed by atoms with Crippen LogP contribution in [0.2, 0.25) is 0 Å². The lowest BCUT2D eigenvalue weighted by atomic mass is 10.1. The fourth-order valence-electron chi connectivity index (χ4n) is 3.88. The molecule has 4 rings (SSSR count). The van der Waals surface area contributed by atoms with E-state index in [9.17, 15) is 14.4 Å². The van der Waals surface area contributed by atoms with E-state index < -0.39 is 6.04 Å². The summed E-state index contributed by atoms with van der Waals surface area (Å²) in [6.07, 6.45) is 1.82. The number of morpholine rings is 1. The third-order valence-electron chi connectivity index (χ3n) is 5.76. The number of aryl methyl sites for hydroxylation is 1. The van der Waals surface area contributed by atoms with Gasteiger partial charge >= 0.3 is 0 Å². The number of hydrogen-bond donors (Lipinski definition) is 0. The highest BCUT2D eigenvalue weighted by molar-refractivity contribution is 6.23. The third kappa shape index (κ3) is 3.95. The van der Waals surface area contributed by atoms with Crippen molar-refractivity contribution in [3.63, 3.8) is 0 Å². The summed E-state index contributed by atoms with van der Waals surface area (Å²) in [5, 5.41) is 0. The molecule has 2 saturated heterocycles. The zero-order valence-electron chi connectivity index (χ0n) is 16.3. The number of carbonyl (C=O) groups is 3. The van der Waals surface area contributed by atoms with Gasteiger partial charge in [0, 0.05) is 32.1 Å². The maximum atomic E-state index is 13.1. The highest BCUT2D eigenvalue weighted by atomic mass is 16.5. The minimum Gasteiger partial charge on any atom is -0.379 e. The van der Waals surface area contributed by atoms with E-state index in [2.05, 4.69) is 4.90 Å². The Morgan fingerprint density at radius 1 is 1.14 bits per heavy atom. The maximum absolute atomic E-state index is 13.1.